The van der Waals surface area contributed by atoms with Gasteiger partial charge in [-0.15, -0.1) is 0 Å². The van der Waals surface area contributed by atoms with Crippen molar-refractivity contribution in [3.63, 3.8) is 0 Å². The zero-order valence-corrected chi connectivity index (χ0v) is 14.2. The largest absolute Gasteiger partial charge is 0.508 e. The van der Waals surface area contributed by atoms with Crippen LogP contribution < -0.4 is 5.43 Å². The van der Waals surface area contributed by atoms with E-state index < -0.39 is 15.7 Å². The van der Waals surface area contributed by atoms with Crippen molar-refractivity contribution in [2.45, 2.75) is 18.2 Å². The number of nitrogens with zero attached hydrogens (tertiary/aromatic N) is 1. The van der Waals surface area contributed by atoms with Crippen LogP contribution in [0.3, 0.4) is 0 Å². The average Bonchev–Trinajstić information content (AvgIpc) is 2.56. The zero-order chi connectivity index (χ0) is 17.7. The molecule has 1 amide bonds. The number of sulfone groups is 1. The maximum atomic E-state index is 12.1. The molecule has 24 heavy (non-hydrogen) atoms. The molecule has 0 spiro atoms. The van der Waals surface area contributed by atoms with Crippen LogP contribution in [-0.2, 0) is 9.84 Å². The smallest absolute Gasteiger partial charge is 0.271 e. The summed E-state index contributed by atoms with van der Waals surface area (Å²) in [5, 5.41) is 13.4. The fourth-order valence-electron chi connectivity index (χ4n) is 2.04. The van der Waals surface area contributed by atoms with Crippen LogP contribution in [0.1, 0.15) is 29.3 Å². The predicted molar refractivity (Wildman–Crippen MR) is 92.0 cm³/mol. The maximum Gasteiger partial charge on any atom is 0.271 e. The summed E-state index contributed by atoms with van der Waals surface area (Å²) >= 11 is 0. The Bertz CT molecular complexity index is 854. The lowest BCUT2D eigenvalue weighted by molar-refractivity contribution is 0.0954. The molecule has 0 bridgehead atoms. The lowest BCUT2D eigenvalue weighted by Crippen LogP contribution is -2.20. The number of hydrazone groups is 1. The van der Waals surface area contributed by atoms with Crippen molar-refractivity contribution in [3.8, 4) is 5.75 Å². The molecule has 0 unspecified atom stereocenters. The highest BCUT2D eigenvalue weighted by Gasteiger charge is 2.10. The molecular formula is C17H18N2O4S. The van der Waals surface area contributed by atoms with Crippen LogP contribution in [0.25, 0.3) is 0 Å². The third-order valence-corrected chi connectivity index (χ3v) is 4.50. The van der Waals surface area contributed by atoms with Gasteiger partial charge in [0.15, 0.2) is 9.84 Å². The van der Waals surface area contributed by atoms with E-state index in [0.717, 1.165) is 11.8 Å². The Labute approximate surface area is 140 Å². The summed E-state index contributed by atoms with van der Waals surface area (Å²) in [5.41, 5.74) is 4.23. The summed E-state index contributed by atoms with van der Waals surface area (Å²) in [7, 11) is -3.29. The van der Waals surface area contributed by atoms with Crippen molar-refractivity contribution >= 4 is 21.5 Å². The monoisotopic (exact) mass is 346 g/mol. The van der Waals surface area contributed by atoms with Gasteiger partial charge in [0.1, 0.15) is 5.75 Å². The second kappa shape index (κ2) is 7.27. The number of benzene rings is 2. The number of hydrogen-bond donors (Lipinski definition) is 2. The summed E-state index contributed by atoms with van der Waals surface area (Å²) in [5.74, 6) is -0.274. The molecule has 2 aromatic rings. The van der Waals surface area contributed by atoms with Crippen molar-refractivity contribution in [2.75, 3.05) is 6.26 Å². The lowest BCUT2D eigenvalue weighted by atomic mass is 10.1. The van der Waals surface area contributed by atoms with E-state index in [1.165, 1.54) is 24.3 Å². The van der Waals surface area contributed by atoms with Crippen LogP contribution in [0.2, 0.25) is 0 Å². The van der Waals surface area contributed by atoms with E-state index in [1.54, 1.807) is 24.3 Å². The molecule has 7 heteroatoms. The molecule has 0 saturated heterocycles. The van der Waals surface area contributed by atoms with Crippen LogP contribution >= 0.6 is 0 Å². The molecule has 0 fully saturated rings. The second-order valence-electron chi connectivity index (χ2n) is 5.20. The summed E-state index contributed by atoms with van der Waals surface area (Å²) in [6.07, 6.45) is 1.70. The summed E-state index contributed by atoms with van der Waals surface area (Å²) in [6.45, 7) is 1.90. The van der Waals surface area contributed by atoms with E-state index in [0.29, 0.717) is 17.7 Å². The molecule has 2 aromatic carbocycles. The first-order chi connectivity index (χ1) is 11.3. The molecule has 2 rings (SSSR count). The minimum atomic E-state index is -3.29. The third kappa shape index (κ3) is 4.42. The quantitative estimate of drug-likeness (QED) is 0.641. The van der Waals surface area contributed by atoms with Crippen molar-refractivity contribution in [1.29, 1.82) is 0 Å². The fourth-order valence-corrected chi connectivity index (χ4v) is 2.67. The van der Waals surface area contributed by atoms with Crippen LogP contribution in [0.5, 0.6) is 5.75 Å². The SMILES string of the molecule is CCC(=NNC(=O)c1ccc(S(C)(=O)=O)cc1)c1ccc(O)cc1. The number of amides is 1. The van der Waals surface area contributed by atoms with Gasteiger partial charge in [-0.25, -0.2) is 13.8 Å². The van der Waals surface area contributed by atoms with Crippen LogP contribution in [0, 0.1) is 0 Å². The van der Waals surface area contributed by atoms with Gasteiger partial charge in [-0.05, 0) is 60.5 Å². The van der Waals surface area contributed by atoms with Crippen molar-refractivity contribution < 1.29 is 18.3 Å². The Morgan fingerprint density at radius 3 is 2.08 bits per heavy atom. The first-order valence-corrected chi connectivity index (χ1v) is 9.17. The van der Waals surface area contributed by atoms with E-state index in [-0.39, 0.29) is 10.6 Å². The predicted octanol–water partition coefficient (Wildman–Crippen LogP) is 2.34. The van der Waals surface area contributed by atoms with E-state index in [9.17, 15) is 18.3 Å². The first kappa shape index (κ1) is 17.7. The molecule has 126 valence electrons. The minimum absolute atomic E-state index is 0.154. The number of aromatic hydroxyl groups is 1. The standard InChI is InChI=1S/C17H18N2O4S/c1-3-16(12-4-8-14(20)9-5-12)18-19-17(21)13-6-10-15(11-7-13)24(2,22)23/h4-11,20H,3H2,1-2H3,(H,19,21). The Morgan fingerprint density at radius 1 is 1.04 bits per heavy atom. The Balaban J connectivity index is 2.14. The Morgan fingerprint density at radius 2 is 1.58 bits per heavy atom. The first-order valence-electron chi connectivity index (χ1n) is 7.27. The van der Waals surface area contributed by atoms with Gasteiger partial charge in [-0.3, -0.25) is 4.79 Å². The van der Waals surface area contributed by atoms with E-state index in [1.807, 2.05) is 6.92 Å². The summed E-state index contributed by atoms with van der Waals surface area (Å²) < 4.78 is 22.8. The highest BCUT2D eigenvalue weighted by molar-refractivity contribution is 7.90. The normalized spacial score (nSPS) is 12.0. The Kier molecular flexibility index (Phi) is 5.35. The molecular weight excluding hydrogens is 328 g/mol. The number of carbonyl (C=O) groups is 1. The molecule has 0 radical (unpaired) electrons. The zero-order valence-electron chi connectivity index (χ0n) is 13.4. The van der Waals surface area contributed by atoms with Gasteiger partial charge in [-0.2, -0.15) is 5.10 Å². The van der Waals surface area contributed by atoms with E-state index in [2.05, 4.69) is 10.5 Å². The summed E-state index contributed by atoms with van der Waals surface area (Å²) in [6, 6.07) is 12.2. The van der Waals surface area contributed by atoms with Gasteiger partial charge in [0.25, 0.3) is 5.91 Å². The third-order valence-electron chi connectivity index (χ3n) is 3.37. The topological polar surface area (TPSA) is 95.8 Å². The van der Waals surface area contributed by atoms with Gasteiger partial charge in [0.2, 0.25) is 0 Å². The van der Waals surface area contributed by atoms with E-state index >= 15 is 0 Å². The van der Waals surface area contributed by atoms with Crippen molar-refractivity contribution in [2.24, 2.45) is 5.10 Å². The fraction of sp³-hybridized carbons (Fsp3) is 0.176. The molecule has 0 aliphatic heterocycles. The van der Waals surface area contributed by atoms with Crippen LogP contribution in [0.4, 0.5) is 0 Å². The number of rotatable bonds is 5. The molecule has 0 aliphatic carbocycles. The molecule has 2 N–H and O–H groups in total. The highest BCUT2D eigenvalue weighted by atomic mass is 32.2. The number of carbonyl (C=O) groups excluding carboxylic acids is 1. The molecule has 0 atom stereocenters. The second-order valence-corrected chi connectivity index (χ2v) is 7.21. The summed E-state index contributed by atoms with van der Waals surface area (Å²) in [4.78, 5) is 12.3. The van der Waals surface area contributed by atoms with Gasteiger partial charge in [-0.1, -0.05) is 6.92 Å². The number of phenolic OH excluding ortho intramolecular Hbond substituents is 1. The van der Waals surface area contributed by atoms with Crippen LogP contribution in [-0.4, -0.2) is 31.4 Å². The van der Waals surface area contributed by atoms with Gasteiger partial charge >= 0.3 is 0 Å². The van der Waals surface area contributed by atoms with Crippen LogP contribution in [0.15, 0.2) is 58.5 Å². The maximum absolute atomic E-state index is 12.1. The molecule has 6 nitrogen and oxygen atoms in total. The molecule has 0 saturated carbocycles. The number of phenols is 1. The van der Waals surface area contributed by atoms with Gasteiger partial charge < -0.3 is 5.11 Å². The molecule has 0 heterocycles. The number of nitrogens with one attached hydrogen (secondary N) is 1. The Hall–Kier alpha value is -2.67. The van der Waals surface area contributed by atoms with Crippen molar-refractivity contribution in [1.82, 2.24) is 5.43 Å². The van der Waals surface area contributed by atoms with Gasteiger partial charge in [0.05, 0.1) is 10.6 Å². The van der Waals surface area contributed by atoms with E-state index in [4.69, 9.17) is 0 Å². The average molecular weight is 346 g/mol. The molecule has 0 aliphatic rings. The molecule has 0 aromatic heterocycles. The lowest BCUT2D eigenvalue weighted by Gasteiger charge is -2.06. The highest BCUT2D eigenvalue weighted by Crippen LogP contribution is 2.12. The van der Waals surface area contributed by atoms with Gasteiger partial charge in [0, 0.05) is 11.8 Å². The van der Waals surface area contributed by atoms with Crippen molar-refractivity contribution in [3.05, 3.63) is 59.7 Å². The number of hydrogen-bond acceptors (Lipinski definition) is 5. The minimum Gasteiger partial charge on any atom is -0.508 e.